The molecule has 0 unspecified atom stereocenters. The highest BCUT2D eigenvalue weighted by Crippen LogP contribution is 2.17. The second kappa shape index (κ2) is 10.4. The van der Waals surface area contributed by atoms with Crippen LogP contribution in [-0.4, -0.2) is 41.9 Å². The van der Waals surface area contributed by atoms with Crippen molar-refractivity contribution in [1.82, 2.24) is 9.80 Å². The average molecular weight is 433 g/mol. The van der Waals surface area contributed by atoms with Crippen LogP contribution in [0.15, 0.2) is 72.8 Å². The van der Waals surface area contributed by atoms with Crippen LogP contribution in [0.4, 0.5) is 4.39 Å². The molecule has 1 fully saturated rings. The van der Waals surface area contributed by atoms with E-state index in [1.54, 1.807) is 0 Å². The van der Waals surface area contributed by atoms with Gasteiger partial charge in [0.25, 0.3) is 5.91 Å². The van der Waals surface area contributed by atoms with E-state index in [2.05, 4.69) is 24.0 Å². The Morgan fingerprint density at radius 3 is 2.25 bits per heavy atom. The fourth-order valence-corrected chi connectivity index (χ4v) is 3.92. The second-order valence-corrected chi connectivity index (χ2v) is 8.18. The third kappa shape index (κ3) is 5.74. The van der Waals surface area contributed by atoms with E-state index in [0.717, 1.165) is 42.9 Å². The number of benzene rings is 3. The Hall–Kier alpha value is -3.18. The van der Waals surface area contributed by atoms with Crippen molar-refractivity contribution >= 4 is 5.91 Å². The second-order valence-electron chi connectivity index (χ2n) is 8.18. The first kappa shape index (κ1) is 22.0. The fraction of sp³-hybridized carbons (Fsp3) is 0.296. The van der Waals surface area contributed by atoms with Gasteiger partial charge in [-0.1, -0.05) is 43.3 Å². The third-order valence-corrected chi connectivity index (χ3v) is 5.89. The van der Waals surface area contributed by atoms with Crippen LogP contribution in [0.2, 0.25) is 0 Å². The number of carbonyl (C=O) groups is 1. The first-order chi connectivity index (χ1) is 15.6. The molecule has 32 heavy (non-hydrogen) atoms. The van der Waals surface area contributed by atoms with Gasteiger partial charge in [-0.25, -0.2) is 4.39 Å². The van der Waals surface area contributed by atoms with E-state index >= 15 is 0 Å². The summed E-state index contributed by atoms with van der Waals surface area (Å²) in [6, 6.07) is 22.4. The number of amides is 1. The maximum Gasteiger partial charge on any atom is 0.253 e. The SMILES string of the molecule is CCc1ccc(OCc2cccc(C(=O)N3CCN(Cc4ccc(F)cc4)CC3)c2)cc1. The zero-order chi connectivity index (χ0) is 22.3. The summed E-state index contributed by atoms with van der Waals surface area (Å²) >= 11 is 0. The van der Waals surface area contributed by atoms with E-state index in [9.17, 15) is 9.18 Å². The van der Waals surface area contributed by atoms with Crippen molar-refractivity contribution in [3.8, 4) is 5.75 Å². The molecule has 0 aliphatic carbocycles. The monoisotopic (exact) mass is 432 g/mol. The lowest BCUT2D eigenvalue weighted by molar-refractivity contribution is 0.0628. The van der Waals surface area contributed by atoms with Crippen LogP contribution < -0.4 is 4.74 Å². The molecule has 0 spiro atoms. The van der Waals surface area contributed by atoms with Crippen molar-refractivity contribution in [2.75, 3.05) is 26.2 Å². The highest BCUT2D eigenvalue weighted by Gasteiger charge is 2.22. The summed E-state index contributed by atoms with van der Waals surface area (Å²) in [7, 11) is 0. The lowest BCUT2D eigenvalue weighted by Crippen LogP contribution is -2.48. The minimum Gasteiger partial charge on any atom is -0.489 e. The first-order valence-corrected chi connectivity index (χ1v) is 11.2. The number of carbonyl (C=O) groups excluding carboxylic acids is 1. The molecule has 1 aliphatic rings. The molecule has 0 saturated carbocycles. The Bertz CT molecular complexity index is 1030. The van der Waals surface area contributed by atoms with Gasteiger partial charge < -0.3 is 9.64 Å². The normalized spacial score (nSPS) is 14.4. The summed E-state index contributed by atoms with van der Waals surface area (Å²) < 4.78 is 19.0. The maximum absolute atomic E-state index is 13.1. The highest BCUT2D eigenvalue weighted by molar-refractivity contribution is 5.94. The maximum atomic E-state index is 13.1. The molecule has 0 N–H and O–H groups in total. The molecule has 3 aromatic rings. The molecule has 4 rings (SSSR count). The standard InChI is InChI=1S/C27H29FN2O2/c1-2-21-8-12-26(13-9-21)32-20-23-4-3-5-24(18-23)27(31)30-16-14-29(15-17-30)19-22-6-10-25(28)11-7-22/h3-13,18H,2,14-17,19-20H2,1H3. The van der Waals surface area contributed by atoms with Gasteiger partial charge in [0.1, 0.15) is 18.2 Å². The van der Waals surface area contributed by atoms with Crippen molar-refractivity contribution in [1.29, 1.82) is 0 Å². The number of halogens is 1. The van der Waals surface area contributed by atoms with Gasteiger partial charge in [0.05, 0.1) is 0 Å². The van der Waals surface area contributed by atoms with Gasteiger partial charge in [-0.3, -0.25) is 9.69 Å². The molecular formula is C27H29FN2O2. The summed E-state index contributed by atoms with van der Waals surface area (Å²) in [5.74, 6) is 0.669. The fourth-order valence-electron chi connectivity index (χ4n) is 3.92. The number of rotatable bonds is 7. The molecule has 3 aromatic carbocycles. The quantitative estimate of drug-likeness (QED) is 0.531. The van der Waals surface area contributed by atoms with E-state index in [1.807, 2.05) is 53.4 Å². The number of piperazine rings is 1. The molecule has 1 amide bonds. The largest absolute Gasteiger partial charge is 0.489 e. The number of aryl methyl sites for hydroxylation is 1. The lowest BCUT2D eigenvalue weighted by Gasteiger charge is -2.34. The van der Waals surface area contributed by atoms with Crippen molar-refractivity contribution in [2.45, 2.75) is 26.5 Å². The highest BCUT2D eigenvalue weighted by atomic mass is 19.1. The predicted molar refractivity (Wildman–Crippen MR) is 124 cm³/mol. The molecule has 5 heteroatoms. The van der Waals surface area contributed by atoms with Gasteiger partial charge in [0.15, 0.2) is 0 Å². The molecule has 1 heterocycles. The minimum atomic E-state index is -0.216. The van der Waals surface area contributed by atoms with Crippen LogP contribution in [0.25, 0.3) is 0 Å². The molecule has 0 bridgehead atoms. The molecular weight excluding hydrogens is 403 g/mol. The summed E-state index contributed by atoms with van der Waals surface area (Å²) in [5, 5.41) is 0. The smallest absolute Gasteiger partial charge is 0.253 e. The third-order valence-electron chi connectivity index (χ3n) is 5.89. The number of nitrogens with zero attached hydrogens (tertiary/aromatic N) is 2. The molecule has 1 aliphatic heterocycles. The molecule has 4 nitrogen and oxygen atoms in total. The first-order valence-electron chi connectivity index (χ1n) is 11.2. The van der Waals surface area contributed by atoms with Crippen molar-refractivity contribution in [3.05, 3.63) is 101 Å². The van der Waals surface area contributed by atoms with Gasteiger partial charge in [-0.05, 0) is 59.5 Å². The molecule has 0 radical (unpaired) electrons. The Kier molecular flexibility index (Phi) is 7.17. The average Bonchev–Trinajstić information content (AvgIpc) is 2.85. The van der Waals surface area contributed by atoms with Gasteiger partial charge in [0, 0.05) is 38.3 Å². The topological polar surface area (TPSA) is 32.8 Å². The van der Waals surface area contributed by atoms with Crippen molar-refractivity contribution in [2.24, 2.45) is 0 Å². The summed E-state index contributed by atoms with van der Waals surface area (Å²) in [4.78, 5) is 17.2. The van der Waals surface area contributed by atoms with Crippen LogP contribution in [0.1, 0.15) is 34.0 Å². The Morgan fingerprint density at radius 1 is 0.875 bits per heavy atom. The number of ether oxygens (including phenoxy) is 1. The predicted octanol–water partition coefficient (Wildman–Crippen LogP) is 4.93. The van der Waals surface area contributed by atoms with Gasteiger partial charge in [-0.15, -0.1) is 0 Å². The Balaban J connectivity index is 1.30. The summed E-state index contributed by atoms with van der Waals surface area (Å²) in [6.45, 7) is 6.31. The summed E-state index contributed by atoms with van der Waals surface area (Å²) in [5.41, 5.74) is 4.04. The van der Waals surface area contributed by atoms with Gasteiger partial charge in [-0.2, -0.15) is 0 Å². The zero-order valence-electron chi connectivity index (χ0n) is 18.5. The van der Waals surface area contributed by atoms with Crippen LogP contribution in [0.3, 0.4) is 0 Å². The number of hydrogen-bond acceptors (Lipinski definition) is 3. The van der Waals surface area contributed by atoms with E-state index < -0.39 is 0 Å². The van der Waals surface area contributed by atoms with Crippen molar-refractivity contribution in [3.63, 3.8) is 0 Å². The molecule has 1 saturated heterocycles. The molecule has 0 aromatic heterocycles. The molecule has 166 valence electrons. The molecule has 0 atom stereocenters. The van der Waals surface area contributed by atoms with Crippen LogP contribution in [-0.2, 0) is 19.6 Å². The number of hydrogen-bond donors (Lipinski definition) is 0. The van der Waals surface area contributed by atoms with E-state index in [1.165, 1.54) is 17.7 Å². The van der Waals surface area contributed by atoms with E-state index in [0.29, 0.717) is 25.3 Å². The minimum absolute atomic E-state index is 0.0561. The van der Waals surface area contributed by atoms with E-state index in [-0.39, 0.29) is 11.7 Å². The van der Waals surface area contributed by atoms with Crippen LogP contribution in [0.5, 0.6) is 5.75 Å². The zero-order valence-corrected chi connectivity index (χ0v) is 18.5. The lowest BCUT2D eigenvalue weighted by atomic mass is 10.1. The van der Waals surface area contributed by atoms with Crippen LogP contribution in [0, 0.1) is 5.82 Å². The van der Waals surface area contributed by atoms with Crippen LogP contribution >= 0.6 is 0 Å². The summed E-state index contributed by atoms with van der Waals surface area (Å²) in [6.07, 6.45) is 1.00. The van der Waals surface area contributed by atoms with Gasteiger partial charge >= 0.3 is 0 Å². The Labute approximate surface area is 189 Å². The Morgan fingerprint density at radius 2 is 1.56 bits per heavy atom. The van der Waals surface area contributed by atoms with Gasteiger partial charge in [0.2, 0.25) is 0 Å². The van der Waals surface area contributed by atoms with Crippen molar-refractivity contribution < 1.29 is 13.9 Å². The van der Waals surface area contributed by atoms with E-state index in [4.69, 9.17) is 4.74 Å².